The van der Waals surface area contributed by atoms with Crippen LogP contribution in [0.4, 0.5) is 0 Å². The molecule has 6 heteroatoms. The summed E-state index contributed by atoms with van der Waals surface area (Å²) in [5.41, 5.74) is 1.26. The van der Waals surface area contributed by atoms with Crippen molar-refractivity contribution in [1.29, 1.82) is 0 Å². The molecule has 0 aliphatic carbocycles. The van der Waals surface area contributed by atoms with Crippen molar-refractivity contribution in [3.8, 4) is 23.8 Å². The van der Waals surface area contributed by atoms with Crippen LogP contribution in [0.2, 0.25) is 0 Å². The van der Waals surface area contributed by atoms with Crippen molar-refractivity contribution >= 4 is 27.5 Å². The number of nitrogens with zero attached hydrogens (tertiary/aromatic N) is 2. The summed E-state index contributed by atoms with van der Waals surface area (Å²) in [5.74, 6) is 3.46. The highest BCUT2D eigenvalue weighted by Crippen LogP contribution is 2.27. The number of hydrogen-bond donors (Lipinski definition) is 0. The maximum Gasteiger partial charge on any atom is 0.283 e. The van der Waals surface area contributed by atoms with Crippen LogP contribution >= 0.6 is 11.3 Å². The maximum atomic E-state index is 12.7. The summed E-state index contributed by atoms with van der Waals surface area (Å²) >= 11 is 1.40. The molecule has 0 aliphatic heterocycles. The number of hydrogen-bond acceptors (Lipinski definition) is 4. The van der Waals surface area contributed by atoms with E-state index in [2.05, 4.69) is 10.9 Å². The number of aromatic nitrogens is 1. The Morgan fingerprint density at radius 3 is 2.73 bits per heavy atom. The molecule has 5 nitrogen and oxygen atoms in total. The molecule has 0 bridgehead atoms. The van der Waals surface area contributed by atoms with Gasteiger partial charge in [-0.3, -0.25) is 4.79 Å². The Morgan fingerprint density at radius 2 is 2.00 bits per heavy atom. The van der Waals surface area contributed by atoms with Crippen molar-refractivity contribution in [3.63, 3.8) is 0 Å². The van der Waals surface area contributed by atoms with E-state index in [1.54, 1.807) is 18.2 Å². The van der Waals surface area contributed by atoms with Crippen molar-refractivity contribution in [2.24, 2.45) is 4.99 Å². The molecular formula is C20H18N2O3S. The van der Waals surface area contributed by atoms with Gasteiger partial charge in [-0.25, -0.2) is 0 Å². The highest BCUT2D eigenvalue weighted by molar-refractivity contribution is 7.16. The molecule has 0 unspecified atom stereocenters. The summed E-state index contributed by atoms with van der Waals surface area (Å²) in [6.07, 6.45) is 5.54. The van der Waals surface area contributed by atoms with E-state index in [0.29, 0.717) is 29.3 Å². The molecule has 2 aromatic carbocycles. The lowest BCUT2D eigenvalue weighted by atomic mass is 10.2. The van der Waals surface area contributed by atoms with Crippen LogP contribution < -0.4 is 14.3 Å². The summed E-state index contributed by atoms with van der Waals surface area (Å²) < 4.78 is 13.8. The monoisotopic (exact) mass is 366 g/mol. The van der Waals surface area contributed by atoms with Gasteiger partial charge in [0.05, 0.1) is 30.5 Å². The van der Waals surface area contributed by atoms with Gasteiger partial charge >= 0.3 is 0 Å². The first kappa shape index (κ1) is 17.8. The lowest BCUT2D eigenvalue weighted by molar-refractivity contribution is 0.0995. The Morgan fingerprint density at radius 1 is 1.23 bits per heavy atom. The maximum absolute atomic E-state index is 12.7. The van der Waals surface area contributed by atoms with Crippen LogP contribution in [0.5, 0.6) is 11.5 Å². The third-order valence-corrected chi connectivity index (χ3v) is 4.79. The third-order valence-electron chi connectivity index (χ3n) is 3.75. The SMILES string of the molecule is C#CCn1c(=NC(=O)c2ccccc2OC)sc2cccc(OCC)c21. The quantitative estimate of drug-likeness (QED) is 0.650. The first-order valence-corrected chi connectivity index (χ1v) is 8.92. The van der Waals surface area contributed by atoms with E-state index in [1.165, 1.54) is 18.4 Å². The number of carbonyl (C=O) groups is 1. The van der Waals surface area contributed by atoms with Crippen LogP contribution in [0.3, 0.4) is 0 Å². The number of ether oxygens (including phenoxy) is 2. The Kier molecular flexibility index (Phi) is 5.40. The first-order valence-electron chi connectivity index (χ1n) is 8.10. The predicted molar refractivity (Wildman–Crippen MR) is 103 cm³/mol. The number of terminal acetylenes is 1. The van der Waals surface area contributed by atoms with Crippen molar-refractivity contribution < 1.29 is 14.3 Å². The summed E-state index contributed by atoms with van der Waals surface area (Å²) in [5, 5.41) is 0. The van der Waals surface area contributed by atoms with Gasteiger partial charge in [-0.2, -0.15) is 4.99 Å². The molecule has 3 aromatic rings. The Hall–Kier alpha value is -3.04. The fourth-order valence-corrected chi connectivity index (χ4v) is 3.71. The number of benzene rings is 2. The van der Waals surface area contributed by atoms with E-state index >= 15 is 0 Å². The van der Waals surface area contributed by atoms with E-state index in [0.717, 1.165) is 16.0 Å². The molecule has 1 amide bonds. The molecule has 26 heavy (non-hydrogen) atoms. The van der Waals surface area contributed by atoms with Gasteiger partial charge in [-0.1, -0.05) is 35.5 Å². The average Bonchev–Trinajstić information content (AvgIpc) is 3.00. The van der Waals surface area contributed by atoms with Gasteiger partial charge in [-0.15, -0.1) is 6.42 Å². The zero-order valence-electron chi connectivity index (χ0n) is 14.6. The number of amides is 1. The summed E-state index contributed by atoms with van der Waals surface area (Å²) in [6, 6.07) is 12.8. The van der Waals surface area contributed by atoms with Crippen molar-refractivity contribution in [1.82, 2.24) is 4.57 Å². The molecule has 0 spiro atoms. The molecule has 0 fully saturated rings. The fourth-order valence-electron chi connectivity index (χ4n) is 2.66. The Bertz CT molecular complexity index is 1060. The number of rotatable bonds is 5. The van der Waals surface area contributed by atoms with Gasteiger partial charge in [0.2, 0.25) is 0 Å². The molecule has 0 saturated heterocycles. The minimum atomic E-state index is -0.377. The lowest BCUT2D eigenvalue weighted by Crippen LogP contribution is -2.17. The molecule has 3 rings (SSSR count). The minimum absolute atomic E-state index is 0.294. The molecular weight excluding hydrogens is 348 g/mol. The van der Waals surface area contributed by atoms with Crippen LogP contribution in [-0.2, 0) is 6.54 Å². The van der Waals surface area contributed by atoms with Crippen molar-refractivity contribution in [2.75, 3.05) is 13.7 Å². The zero-order valence-corrected chi connectivity index (χ0v) is 15.4. The Balaban J connectivity index is 2.19. The summed E-state index contributed by atoms with van der Waals surface area (Å²) in [6.45, 7) is 2.76. The molecule has 0 radical (unpaired) electrons. The van der Waals surface area contributed by atoms with E-state index in [9.17, 15) is 4.79 Å². The second kappa shape index (κ2) is 7.89. The topological polar surface area (TPSA) is 52.8 Å². The van der Waals surface area contributed by atoms with Crippen LogP contribution in [-0.4, -0.2) is 24.2 Å². The molecule has 0 aliphatic rings. The highest BCUT2D eigenvalue weighted by atomic mass is 32.1. The van der Waals surface area contributed by atoms with Gasteiger partial charge < -0.3 is 14.0 Å². The van der Waals surface area contributed by atoms with Crippen LogP contribution in [0.1, 0.15) is 17.3 Å². The van der Waals surface area contributed by atoms with Gasteiger partial charge in [0.1, 0.15) is 17.0 Å². The summed E-state index contributed by atoms with van der Waals surface area (Å²) in [4.78, 5) is 17.5. The van der Waals surface area contributed by atoms with Crippen LogP contribution in [0, 0.1) is 12.3 Å². The minimum Gasteiger partial charge on any atom is -0.496 e. The molecule has 0 saturated carbocycles. The van der Waals surface area contributed by atoms with Crippen molar-refractivity contribution in [2.45, 2.75) is 13.5 Å². The molecule has 1 aromatic heterocycles. The smallest absolute Gasteiger partial charge is 0.283 e. The first-order chi connectivity index (χ1) is 12.7. The lowest BCUT2D eigenvalue weighted by Gasteiger charge is -2.07. The second-order valence-corrected chi connectivity index (χ2v) is 6.34. The fraction of sp³-hybridized carbons (Fsp3) is 0.200. The van der Waals surface area contributed by atoms with E-state index < -0.39 is 0 Å². The number of para-hydroxylation sites is 2. The molecule has 0 N–H and O–H groups in total. The van der Waals surface area contributed by atoms with Gasteiger partial charge in [0.25, 0.3) is 5.91 Å². The summed E-state index contributed by atoms with van der Waals surface area (Å²) in [7, 11) is 1.53. The molecule has 132 valence electrons. The number of methoxy groups -OCH3 is 1. The van der Waals surface area contributed by atoms with Crippen molar-refractivity contribution in [3.05, 3.63) is 52.8 Å². The number of carbonyl (C=O) groups excluding carboxylic acids is 1. The number of thiazole rings is 1. The van der Waals surface area contributed by atoms with E-state index in [1.807, 2.05) is 35.8 Å². The zero-order chi connectivity index (χ0) is 18.5. The van der Waals surface area contributed by atoms with Gasteiger partial charge in [0.15, 0.2) is 4.80 Å². The van der Waals surface area contributed by atoms with Crippen LogP contribution in [0.25, 0.3) is 10.2 Å². The van der Waals surface area contributed by atoms with Gasteiger partial charge in [-0.05, 0) is 31.2 Å². The second-order valence-electron chi connectivity index (χ2n) is 5.33. The standard InChI is InChI=1S/C20H18N2O3S/c1-4-13-22-18-16(25-5-2)11-8-12-17(18)26-20(22)21-19(23)14-9-6-7-10-15(14)24-3/h1,6-12H,5,13H2,2-3H3. The van der Waals surface area contributed by atoms with E-state index in [-0.39, 0.29) is 5.91 Å². The largest absolute Gasteiger partial charge is 0.496 e. The predicted octanol–water partition coefficient (Wildman–Crippen LogP) is 3.48. The average molecular weight is 366 g/mol. The third kappa shape index (κ3) is 3.35. The number of fused-ring (bicyclic) bond motifs is 1. The van der Waals surface area contributed by atoms with E-state index in [4.69, 9.17) is 15.9 Å². The Labute approximate surface area is 155 Å². The van der Waals surface area contributed by atoms with Gasteiger partial charge in [0, 0.05) is 0 Å². The normalized spacial score (nSPS) is 11.3. The highest BCUT2D eigenvalue weighted by Gasteiger charge is 2.14. The molecule has 1 heterocycles. The molecule has 0 atom stereocenters. The van der Waals surface area contributed by atoms with Crippen LogP contribution in [0.15, 0.2) is 47.5 Å².